The third-order valence-electron chi connectivity index (χ3n) is 5.14. The summed E-state index contributed by atoms with van der Waals surface area (Å²) in [6.45, 7) is 2.16. The normalized spacial score (nSPS) is 11.8. The standard InChI is InChI=1S/C21H19N4/c1-14-10-11-15-13-25-12-6-9-18(25)22-20(15)19(14)21-23(2)16-7-4-5-8-17(16)24(21)3/h4-13H,1-3H3/q+1. The first-order chi connectivity index (χ1) is 12.1. The number of hydrogen-bond acceptors (Lipinski definition) is 1. The van der Waals surface area contributed by atoms with Crippen LogP contribution >= 0.6 is 0 Å². The molecule has 0 amide bonds. The quantitative estimate of drug-likeness (QED) is 0.430. The zero-order valence-corrected chi connectivity index (χ0v) is 14.6. The molecule has 0 atom stereocenters. The second kappa shape index (κ2) is 4.93. The van der Waals surface area contributed by atoms with Crippen molar-refractivity contribution in [3.63, 3.8) is 0 Å². The summed E-state index contributed by atoms with van der Waals surface area (Å²) in [6.07, 6.45) is 4.20. The largest absolute Gasteiger partial charge is 0.308 e. The van der Waals surface area contributed by atoms with E-state index >= 15 is 0 Å². The highest BCUT2D eigenvalue weighted by atomic mass is 15.1. The van der Waals surface area contributed by atoms with Crippen LogP contribution in [0.3, 0.4) is 0 Å². The fraction of sp³-hybridized carbons (Fsp3) is 0.143. The van der Waals surface area contributed by atoms with Gasteiger partial charge in [0, 0.05) is 17.8 Å². The Bertz CT molecular complexity index is 1230. The summed E-state index contributed by atoms with van der Waals surface area (Å²) in [4.78, 5) is 4.96. The van der Waals surface area contributed by atoms with E-state index in [0.29, 0.717) is 0 Å². The number of nitrogens with zero attached hydrogens (tertiary/aromatic N) is 4. The summed E-state index contributed by atoms with van der Waals surface area (Å²) in [5.41, 5.74) is 6.90. The highest BCUT2D eigenvalue weighted by Crippen LogP contribution is 2.31. The van der Waals surface area contributed by atoms with Crippen molar-refractivity contribution in [1.82, 2.24) is 14.0 Å². The predicted octanol–water partition coefficient (Wildman–Crippen LogP) is 3.78. The van der Waals surface area contributed by atoms with Gasteiger partial charge in [-0.25, -0.2) is 14.1 Å². The molecule has 0 aliphatic heterocycles. The number of rotatable bonds is 1. The molecule has 2 aromatic carbocycles. The van der Waals surface area contributed by atoms with Crippen LogP contribution in [0.1, 0.15) is 5.56 Å². The minimum absolute atomic E-state index is 0.973. The molecule has 5 rings (SSSR count). The lowest BCUT2D eigenvalue weighted by Gasteiger charge is -2.08. The van der Waals surface area contributed by atoms with Crippen LogP contribution in [-0.2, 0) is 14.1 Å². The van der Waals surface area contributed by atoms with E-state index in [9.17, 15) is 0 Å². The Labute approximate surface area is 145 Å². The number of aromatic nitrogens is 4. The van der Waals surface area contributed by atoms with Gasteiger partial charge < -0.3 is 4.40 Å². The highest BCUT2D eigenvalue weighted by molar-refractivity contribution is 5.95. The summed E-state index contributed by atoms with van der Waals surface area (Å²) in [7, 11) is 4.26. The number of aryl methyl sites for hydroxylation is 3. The fourth-order valence-electron chi connectivity index (χ4n) is 3.89. The molecule has 0 unspecified atom stereocenters. The van der Waals surface area contributed by atoms with E-state index in [1.54, 1.807) is 0 Å². The molecule has 3 aromatic heterocycles. The summed E-state index contributed by atoms with van der Waals surface area (Å²) < 4.78 is 6.60. The summed E-state index contributed by atoms with van der Waals surface area (Å²) in [5.74, 6) is 1.17. The molecular formula is C21H19N4+. The van der Waals surface area contributed by atoms with Crippen molar-refractivity contribution in [3.05, 3.63) is 66.5 Å². The van der Waals surface area contributed by atoms with E-state index in [1.807, 2.05) is 18.3 Å². The first-order valence-electron chi connectivity index (χ1n) is 8.46. The van der Waals surface area contributed by atoms with Crippen molar-refractivity contribution in [1.29, 1.82) is 0 Å². The molecule has 0 spiro atoms. The second-order valence-electron chi connectivity index (χ2n) is 6.64. The van der Waals surface area contributed by atoms with E-state index in [2.05, 4.69) is 77.1 Å². The van der Waals surface area contributed by atoms with Gasteiger partial charge in [-0.1, -0.05) is 24.3 Å². The van der Waals surface area contributed by atoms with Crippen LogP contribution in [0.4, 0.5) is 0 Å². The van der Waals surface area contributed by atoms with Gasteiger partial charge in [0.05, 0.1) is 25.2 Å². The van der Waals surface area contributed by atoms with E-state index in [0.717, 1.165) is 16.6 Å². The average molecular weight is 327 g/mol. The highest BCUT2D eigenvalue weighted by Gasteiger charge is 2.25. The molecule has 0 radical (unpaired) electrons. The summed E-state index contributed by atoms with van der Waals surface area (Å²) in [6, 6.07) is 16.9. The number of fused-ring (bicyclic) bond motifs is 3. The maximum Gasteiger partial charge on any atom is 0.291 e. The summed E-state index contributed by atoms with van der Waals surface area (Å²) in [5, 5.41) is 1.15. The van der Waals surface area contributed by atoms with Gasteiger partial charge in [-0.2, -0.15) is 0 Å². The van der Waals surface area contributed by atoms with Gasteiger partial charge in [0.2, 0.25) is 0 Å². The Morgan fingerprint density at radius 2 is 1.84 bits per heavy atom. The molecule has 4 nitrogen and oxygen atoms in total. The monoisotopic (exact) mass is 327 g/mol. The molecule has 122 valence electrons. The van der Waals surface area contributed by atoms with Gasteiger partial charge >= 0.3 is 0 Å². The van der Waals surface area contributed by atoms with Gasteiger partial charge in [0.25, 0.3) is 5.82 Å². The zero-order chi connectivity index (χ0) is 17.1. The predicted molar refractivity (Wildman–Crippen MR) is 101 cm³/mol. The van der Waals surface area contributed by atoms with Crippen molar-refractivity contribution in [2.75, 3.05) is 0 Å². The van der Waals surface area contributed by atoms with Crippen LogP contribution in [0.2, 0.25) is 0 Å². The van der Waals surface area contributed by atoms with Crippen molar-refractivity contribution in [3.8, 4) is 11.4 Å². The lowest BCUT2D eigenvalue weighted by molar-refractivity contribution is -0.634. The number of benzene rings is 2. The minimum atomic E-state index is 0.973. The number of para-hydroxylation sites is 2. The molecule has 5 aromatic rings. The minimum Gasteiger partial charge on any atom is -0.308 e. The Morgan fingerprint density at radius 3 is 2.68 bits per heavy atom. The lowest BCUT2D eigenvalue weighted by Crippen LogP contribution is -2.30. The Hall–Kier alpha value is -3.14. The van der Waals surface area contributed by atoms with Crippen molar-refractivity contribution in [2.24, 2.45) is 14.1 Å². The van der Waals surface area contributed by atoms with Crippen LogP contribution in [0.15, 0.2) is 60.9 Å². The van der Waals surface area contributed by atoms with E-state index in [4.69, 9.17) is 4.98 Å². The molecule has 0 fully saturated rings. The molecule has 0 bridgehead atoms. The van der Waals surface area contributed by atoms with Crippen LogP contribution < -0.4 is 4.57 Å². The van der Waals surface area contributed by atoms with Crippen molar-refractivity contribution >= 4 is 27.6 Å². The van der Waals surface area contributed by atoms with Gasteiger partial charge in [-0.3, -0.25) is 0 Å². The third-order valence-corrected chi connectivity index (χ3v) is 5.14. The van der Waals surface area contributed by atoms with Crippen molar-refractivity contribution < 1.29 is 4.57 Å². The van der Waals surface area contributed by atoms with E-state index in [1.165, 1.54) is 28.0 Å². The molecule has 3 heterocycles. The number of hydrogen-bond donors (Lipinski definition) is 0. The van der Waals surface area contributed by atoms with Gasteiger partial charge in [-0.05, 0) is 36.8 Å². The fourth-order valence-corrected chi connectivity index (χ4v) is 3.89. The van der Waals surface area contributed by atoms with Crippen LogP contribution in [0.5, 0.6) is 0 Å². The molecule has 0 aliphatic rings. The maximum atomic E-state index is 4.96. The molecule has 0 saturated carbocycles. The van der Waals surface area contributed by atoms with Crippen LogP contribution in [0, 0.1) is 6.92 Å². The molecule has 25 heavy (non-hydrogen) atoms. The molecule has 0 saturated heterocycles. The van der Waals surface area contributed by atoms with Crippen molar-refractivity contribution in [2.45, 2.75) is 6.92 Å². The van der Waals surface area contributed by atoms with E-state index in [-0.39, 0.29) is 0 Å². The molecular weight excluding hydrogens is 308 g/mol. The Morgan fingerprint density at radius 1 is 1.00 bits per heavy atom. The first kappa shape index (κ1) is 14.2. The maximum absolute atomic E-state index is 4.96. The lowest BCUT2D eigenvalue weighted by atomic mass is 10.0. The van der Waals surface area contributed by atoms with Crippen LogP contribution in [0.25, 0.3) is 39.0 Å². The first-order valence-corrected chi connectivity index (χ1v) is 8.46. The van der Waals surface area contributed by atoms with Gasteiger partial charge in [0.15, 0.2) is 11.0 Å². The van der Waals surface area contributed by atoms with Gasteiger partial charge in [-0.15, -0.1) is 0 Å². The summed E-state index contributed by atoms with van der Waals surface area (Å²) >= 11 is 0. The smallest absolute Gasteiger partial charge is 0.291 e. The van der Waals surface area contributed by atoms with Gasteiger partial charge in [0.1, 0.15) is 5.65 Å². The zero-order valence-electron chi connectivity index (χ0n) is 14.6. The Balaban J connectivity index is 1.97. The Kier molecular flexibility index (Phi) is 2.80. The number of imidazole rings is 1. The molecule has 4 heteroatoms. The third kappa shape index (κ3) is 1.88. The molecule has 0 aliphatic carbocycles. The van der Waals surface area contributed by atoms with Crippen LogP contribution in [-0.4, -0.2) is 14.0 Å². The van der Waals surface area contributed by atoms with E-state index < -0.39 is 0 Å². The SMILES string of the molecule is Cc1ccc2cn3cccc3nc2c1-c1n(C)c2ccccc2[n+]1C. The topological polar surface area (TPSA) is 26.1 Å². The average Bonchev–Trinajstić information content (AvgIpc) is 3.17. The second-order valence-corrected chi connectivity index (χ2v) is 6.64. The molecule has 0 N–H and O–H groups in total.